The molecule has 1 aromatic heterocycles. The van der Waals surface area contributed by atoms with Crippen LogP contribution in [-0.4, -0.2) is 30.7 Å². The predicted octanol–water partition coefficient (Wildman–Crippen LogP) is 1.51. The molecule has 16 heavy (non-hydrogen) atoms. The molecule has 0 aliphatic rings. The van der Waals surface area contributed by atoms with Crippen LogP contribution in [-0.2, 0) is 15.6 Å². The fourth-order valence-electron chi connectivity index (χ4n) is 1.21. The number of sulfone groups is 1. The maximum atomic E-state index is 11.1. The van der Waals surface area contributed by atoms with Crippen LogP contribution in [0.25, 0.3) is 0 Å². The van der Waals surface area contributed by atoms with Crippen molar-refractivity contribution in [2.75, 3.05) is 6.26 Å². The van der Waals surface area contributed by atoms with E-state index in [1.54, 1.807) is 0 Å². The van der Waals surface area contributed by atoms with Crippen molar-refractivity contribution in [1.29, 1.82) is 0 Å². The zero-order valence-corrected chi connectivity index (χ0v) is 10.9. The first kappa shape index (κ1) is 13.1. The SMILES string of the molecule is CC(C)c1nc(CS(C)(=O)=O)sc1C(=O)O. The number of hydrogen-bond donors (Lipinski definition) is 1. The van der Waals surface area contributed by atoms with E-state index >= 15 is 0 Å². The zero-order valence-electron chi connectivity index (χ0n) is 9.22. The lowest BCUT2D eigenvalue weighted by Gasteiger charge is -2.00. The first-order valence-electron chi connectivity index (χ1n) is 4.61. The molecule has 5 nitrogen and oxygen atoms in total. The molecule has 0 fully saturated rings. The van der Waals surface area contributed by atoms with Gasteiger partial charge in [-0.05, 0) is 5.92 Å². The standard InChI is InChI=1S/C9H13NO4S2/c1-5(2)7-8(9(11)12)15-6(10-7)4-16(3,13)14/h5H,4H2,1-3H3,(H,11,12). The minimum atomic E-state index is -3.18. The van der Waals surface area contributed by atoms with Crippen molar-refractivity contribution in [2.24, 2.45) is 0 Å². The van der Waals surface area contributed by atoms with Crippen LogP contribution in [0.3, 0.4) is 0 Å². The van der Waals surface area contributed by atoms with Crippen molar-refractivity contribution in [3.8, 4) is 0 Å². The Labute approximate surface area is 98.1 Å². The Kier molecular flexibility index (Phi) is 3.69. The highest BCUT2D eigenvalue weighted by molar-refractivity contribution is 7.90. The lowest BCUT2D eigenvalue weighted by molar-refractivity contribution is 0.0700. The summed E-state index contributed by atoms with van der Waals surface area (Å²) in [7, 11) is -3.18. The Morgan fingerprint density at radius 1 is 1.50 bits per heavy atom. The van der Waals surface area contributed by atoms with E-state index in [-0.39, 0.29) is 16.5 Å². The van der Waals surface area contributed by atoms with E-state index in [2.05, 4.69) is 4.98 Å². The number of carbonyl (C=O) groups is 1. The second kappa shape index (κ2) is 4.50. The van der Waals surface area contributed by atoms with Gasteiger partial charge in [0.2, 0.25) is 0 Å². The number of carboxylic acid groups (broad SMARTS) is 1. The number of carboxylic acids is 1. The highest BCUT2D eigenvalue weighted by Crippen LogP contribution is 2.26. The van der Waals surface area contributed by atoms with Crippen molar-refractivity contribution < 1.29 is 18.3 Å². The van der Waals surface area contributed by atoms with Crippen LogP contribution in [0.4, 0.5) is 0 Å². The largest absolute Gasteiger partial charge is 0.477 e. The highest BCUT2D eigenvalue weighted by Gasteiger charge is 2.21. The van der Waals surface area contributed by atoms with Gasteiger partial charge in [0, 0.05) is 6.26 Å². The first-order chi connectivity index (χ1) is 7.20. The van der Waals surface area contributed by atoms with Gasteiger partial charge in [0.1, 0.15) is 15.6 Å². The molecule has 0 amide bonds. The van der Waals surface area contributed by atoms with Gasteiger partial charge in [0.05, 0.1) is 5.69 Å². The van der Waals surface area contributed by atoms with E-state index < -0.39 is 15.8 Å². The van der Waals surface area contributed by atoms with Gasteiger partial charge in [-0.25, -0.2) is 18.2 Å². The zero-order chi connectivity index (χ0) is 12.5. The monoisotopic (exact) mass is 263 g/mol. The Bertz CT molecular complexity index is 502. The fraction of sp³-hybridized carbons (Fsp3) is 0.556. The van der Waals surface area contributed by atoms with Gasteiger partial charge in [-0.2, -0.15) is 0 Å². The maximum Gasteiger partial charge on any atom is 0.347 e. The summed E-state index contributed by atoms with van der Waals surface area (Å²) in [6.45, 7) is 3.65. The third-order valence-corrected chi connectivity index (χ3v) is 3.86. The second-order valence-corrected chi connectivity index (χ2v) is 7.08. The topological polar surface area (TPSA) is 84.3 Å². The van der Waals surface area contributed by atoms with Crippen LogP contribution in [0.15, 0.2) is 0 Å². The van der Waals surface area contributed by atoms with Gasteiger partial charge in [-0.3, -0.25) is 0 Å². The molecule has 1 aromatic rings. The van der Waals surface area contributed by atoms with Gasteiger partial charge >= 0.3 is 5.97 Å². The molecule has 1 N–H and O–H groups in total. The van der Waals surface area contributed by atoms with Crippen LogP contribution in [0.1, 0.15) is 40.1 Å². The van der Waals surface area contributed by atoms with Crippen LogP contribution >= 0.6 is 11.3 Å². The summed E-state index contributed by atoms with van der Waals surface area (Å²) in [5.74, 6) is -1.29. The lowest BCUT2D eigenvalue weighted by Crippen LogP contribution is -2.01. The quantitative estimate of drug-likeness (QED) is 0.890. The lowest BCUT2D eigenvalue weighted by atomic mass is 10.1. The summed E-state index contributed by atoms with van der Waals surface area (Å²) in [6.07, 6.45) is 1.10. The maximum absolute atomic E-state index is 11.1. The van der Waals surface area contributed by atoms with Crippen LogP contribution in [0, 0.1) is 0 Å². The predicted molar refractivity (Wildman–Crippen MR) is 61.7 cm³/mol. The summed E-state index contributed by atoms with van der Waals surface area (Å²) in [4.78, 5) is 15.1. The van der Waals surface area contributed by atoms with E-state index in [1.165, 1.54) is 0 Å². The van der Waals surface area contributed by atoms with Crippen molar-refractivity contribution in [1.82, 2.24) is 4.98 Å². The number of aromatic carboxylic acids is 1. The minimum Gasteiger partial charge on any atom is -0.477 e. The summed E-state index contributed by atoms with van der Waals surface area (Å²) in [5, 5.41) is 9.28. The molecule has 0 bridgehead atoms. The number of aromatic nitrogens is 1. The van der Waals surface area contributed by atoms with Crippen molar-refractivity contribution in [2.45, 2.75) is 25.5 Å². The van der Waals surface area contributed by atoms with Gasteiger partial charge in [-0.1, -0.05) is 13.8 Å². The molecular formula is C9H13NO4S2. The molecule has 1 heterocycles. The molecule has 0 radical (unpaired) electrons. The molecule has 0 saturated carbocycles. The molecule has 90 valence electrons. The van der Waals surface area contributed by atoms with E-state index in [0.29, 0.717) is 10.7 Å². The fourth-order valence-corrected chi connectivity index (χ4v) is 3.45. The summed E-state index contributed by atoms with van der Waals surface area (Å²) in [6, 6.07) is 0. The van der Waals surface area contributed by atoms with Crippen molar-refractivity contribution in [3.05, 3.63) is 15.6 Å². The number of nitrogens with zero attached hydrogens (tertiary/aromatic N) is 1. The smallest absolute Gasteiger partial charge is 0.347 e. The molecule has 0 aliphatic carbocycles. The van der Waals surface area contributed by atoms with E-state index in [9.17, 15) is 13.2 Å². The third kappa shape index (κ3) is 3.28. The van der Waals surface area contributed by atoms with Crippen molar-refractivity contribution >= 4 is 27.1 Å². The van der Waals surface area contributed by atoms with E-state index in [1.807, 2.05) is 13.8 Å². The second-order valence-electron chi connectivity index (χ2n) is 3.85. The molecular weight excluding hydrogens is 250 g/mol. The Hall–Kier alpha value is -0.950. The average molecular weight is 263 g/mol. The minimum absolute atomic E-state index is 0.0318. The van der Waals surface area contributed by atoms with Gasteiger partial charge in [0.15, 0.2) is 9.84 Å². The van der Waals surface area contributed by atoms with Gasteiger partial charge < -0.3 is 5.11 Å². The molecule has 1 rings (SSSR count). The van der Waals surface area contributed by atoms with E-state index in [4.69, 9.17) is 5.11 Å². The van der Waals surface area contributed by atoms with Crippen LogP contribution < -0.4 is 0 Å². The van der Waals surface area contributed by atoms with Crippen LogP contribution in [0.5, 0.6) is 0 Å². The Morgan fingerprint density at radius 3 is 2.38 bits per heavy atom. The van der Waals surface area contributed by atoms with Gasteiger partial charge in [0.25, 0.3) is 0 Å². The van der Waals surface area contributed by atoms with Crippen molar-refractivity contribution in [3.63, 3.8) is 0 Å². The molecule has 0 saturated heterocycles. The summed E-state index contributed by atoms with van der Waals surface area (Å²) < 4.78 is 22.2. The highest BCUT2D eigenvalue weighted by atomic mass is 32.2. The molecule has 0 aromatic carbocycles. The number of thiazole rings is 1. The Balaban J connectivity index is 3.17. The summed E-state index contributed by atoms with van der Waals surface area (Å²) in [5.41, 5.74) is 0.455. The normalized spacial score (nSPS) is 12.0. The molecule has 0 unspecified atom stereocenters. The third-order valence-electron chi connectivity index (χ3n) is 1.82. The van der Waals surface area contributed by atoms with Crippen LogP contribution in [0.2, 0.25) is 0 Å². The molecule has 0 aliphatic heterocycles. The van der Waals surface area contributed by atoms with Gasteiger partial charge in [-0.15, -0.1) is 11.3 Å². The molecule has 7 heteroatoms. The number of hydrogen-bond acceptors (Lipinski definition) is 5. The van der Waals surface area contributed by atoms with E-state index in [0.717, 1.165) is 17.6 Å². The summed E-state index contributed by atoms with van der Waals surface area (Å²) >= 11 is 0.933. The molecule has 0 atom stereocenters. The Morgan fingerprint density at radius 2 is 2.06 bits per heavy atom. The first-order valence-corrected chi connectivity index (χ1v) is 7.49. The number of rotatable bonds is 4. The molecule has 0 spiro atoms. The average Bonchev–Trinajstić information content (AvgIpc) is 2.44.